The number of likely N-dealkylation sites (tertiary alicyclic amines) is 1. The fraction of sp³-hybridized carbons (Fsp3) is 0.591. The molecule has 0 radical (unpaired) electrons. The summed E-state index contributed by atoms with van der Waals surface area (Å²) in [6.07, 6.45) is 3.65. The second-order valence-corrected chi connectivity index (χ2v) is 9.04. The predicted octanol–water partition coefficient (Wildman–Crippen LogP) is 1.77. The molecule has 7 nitrogen and oxygen atoms in total. The summed E-state index contributed by atoms with van der Waals surface area (Å²) in [5.41, 5.74) is 3.74. The number of piperidine rings is 2. The lowest BCUT2D eigenvalue weighted by Crippen LogP contribution is -2.60. The fourth-order valence-corrected chi connectivity index (χ4v) is 5.11. The van der Waals surface area contributed by atoms with Gasteiger partial charge in [0.2, 0.25) is 11.8 Å². The number of amides is 2. The quantitative estimate of drug-likeness (QED) is 0.533. The summed E-state index contributed by atoms with van der Waals surface area (Å²) in [6, 6.07) is 9.28. The molecule has 3 aliphatic rings. The number of carbonyl (C=O) groups excluding carboxylic acids is 2. The van der Waals surface area contributed by atoms with Gasteiger partial charge in [0.25, 0.3) is 0 Å². The van der Waals surface area contributed by atoms with Crippen LogP contribution in [0.3, 0.4) is 0 Å². The number of hydroxylamine groups is 1. The van der Waals surface area contributed by atoms with Crippen molar-refractivity contribution in [2.24, 2.45) is 17.3 Å². The van der Waals surface area contributed by atoms with E-state index in [0.717, 1.165) is 25.8 Å². The van der Waals surface area contributed by atoms with Crippen LogP contribution >= 0.6 is 0 Å². The van der Waals surface area contributed by atoms with Gasteiger partial charge in [-0.1, -0.05) is 19.1 Å². The van der Waals surface area contributed by atoms with Crippen molar-refractivity contribution >= 4 is 11.8 Å². The Labute approximate surface area is 171 Å². The van der Waals surface area contributed by atoms with E-state index in [4.69, 9.17) is 10.5 Å². The summed E-state index contributed by atoms with van der Waals surface area (Å²) in [7, 11) is 0. The lowest BCUT2D eigenvalue weighted by molar-refractivity contribution is -0.146. The van der Waals surface area contributed by atoms with Crippen LogP contribution in [0.4, 0.5) is 0 Å². The maximum Gasteiger partial charge on any atom is 0.248 e. The van der Waals surface area contributed by atoms with E-state index in [1.807, 2.05) is 29.2 Å². The molecule has 4 rings (SSSR count). The Hall–Kier alpha value is -2.43. The first-order valence-corrected chi connectivity index (χ1v) is 10.4. The minimum absolute atomic E-state index is 0.0424. The van der Waals surface area contributed by atoms with Crippen LogP contribution in [0.2, 0.25) is 0 Å². The van der Waals surface area contributed by atoms with Crippen molar-refractivity contribution in [1.82, 2.24) is 15.7 Å². The number of rotatable bonds is 3. The van der Waals surface area contributed by atoms with Crippen molar-refractivity contribution in [3.05, 3.63) is 35.4 Å². The Morgan fingerprint density at radius 2 is 2.03 bits per heavy atom. The van der Waals surface area contributed by atoms with Crippen molar-refractivity contribution in [3.8, 4) is 6.07 Å². The molecule has 2 amide bonds. The van der Waals surface area contributed by atoms with E-state index in [1.165, 1.54) is 5.56 Å². The molecule has 7 heteroatoms. The van der Waals surface area contributed by atoms with Gasteiger partial charge >= 0.3 is 0 Å². The minimum Gasteiger partial charge on any atom is -0.341 e. The number of nitrogens with one attached hydrogen (secondary N) is 2. The normalized spacial score (nSPS) is 30.4. The summed E-state index contributed by atoms with van der Waals surface area (Å²) in [5.74, 6) is -0.418. The van der Waals surface area contributed by atoms with Crippen LogP contribution in [-0.2, 0) is 9.59 Å². The fourth-order valence-electron chi connectivity index (χ4n) is 5.11. The zero-order chi connectivity index (χ0) is 20.6. The van der Waals surface area contributed by atoms with Crippen LogP contribution in [-0.4, -0.2) is 47.6 Å². The van der Waals surface area contributed by atoms with Gasteiger partial charge in [0, 0.05) is 19.6 Å². The minimum atomic E-state index is -0.577. The lowest BCUT2D eigenvalue weighted by Gasteiger charge is -2.42. The van der Waals surface area contributed by atoms with Gasteiger partial charge in [-0.15, -0.1) is 0 Å². The van der Waals surface area contributed by atoms with E-state index in [9.17, 15) is 9.59 Å². The van der Waals surface area contributed by atoms with Gasteiger partial charge in [0.1, 0.15) is 0 Å². The molecule has 1 saturated carbocycles. The predicted molar refractivity (Wildman–Crippen MR) is 106 cm³/mol. The zero-order valence-corrected chi connectivity index (χ0v) is 16.7. The highest BCUT2D eigenvalue weighted by Crippen LogP contribution is 2.52. The van der Waals surface area contributed by atoms with Crippen LogP contribution in [0.25, 0.3) is 0 Å². The molecule has 4 unspecified atom stereocenters. The summed E-state index contributed by atoms with van der Waals surface area (Å²) >= 11 is 0. The molecule has 1 spiro atoms. The third-order valence-electron chi connectivity index (χ3n) is 7.11. The first-order chi connectivity index (χ1) is 14.0. The molecule has 2 heterocycles. The molecular formula is C22H28N4O3. The highest BCUT2D eigenvalue weighted by Gasteiger charge is 2.53. The number of nitriles is 1. The first kappa shape index (κ1) is 19.9. The number of hydrogen-bond acceptors (Lipinski definition) is 5. The van der Waals surface area contributed by atoms with Crippen LogP contribution in [0.5, 0.6) is 0 Å². The summed E-state index contributed by atoms with van der Waals surface area (Å²) < 4.78 is 0. The number of carbonyl (C=O) groups is 2. The van der Waals surface area contributed by atoms with Gasteiger partial charge in [-0.2, -0.15) is 5.26 Å². The van der Waals surface area contributed by atoms with Crippen LogP contribution in [0.1, 0.15) is 49.7 Å². The van der Waals surface area contributed by atoms with E-state index in [2.05, 4.69) is 18.3 Å². The van der Waals surface area contributed by atoms with Crippen LogP contribution in [0, 0.1) is 28.6 Å². The third kappa shape index (κ3) is 3.87. The number of nitrogens with zero attached hydrogens (tertiary/aromatic N) is 2. The summed E-state index contributed by atoms with van der Waals surface area (Å²) in [4.78, 5) is 27.4. The van der Waals surface area contributed by atoms with Gasteiger partial charge in [-0.3, -0.25) is 14.8 Å². The average Bonchev–Trinajstić information content (AvgIpc) is 3.51. The topological polar surface area (TPSA) is 105 Å². The summed E-state index contributed by atoms with van der Waals surface area (Å²) in [6.45, 7) is 4.19. The largest absolute Gasteiger partial charge is 0.341 e. The molecule has 2 aliphatic heterocycles. The maximum atomic E-state index is 13.3. The molecule has 1 aromatic rings. The van der Waals surface area contributed by atoms with E-state index in [1.54, 1.807) is 5.48 Å². The van der Waals surface area contributed by atoms with Gasteiger partial charge in [-0.25, -0.2) is 5.48 Å². The second kappa shape index (κ2) is 7.77. The Morgan fingerprint density at radius 3 is 2.62 bits per heavy atom. The lowest BCUT2D eigenvalue weighted by atomic mass is 9.79. The Bertz CT molecular complexity index is 827. The molecule has 154 valence electrons. The maximum absolute atomic E-state index is 13.3. The SMILES string of the molecule is CC1CN(C(=O)C2NCC3(CC3)CC2C(=O)NO)CCC1c1ccc(C#N)cc1. The first-order valence-electron chi connectivity index (χ1n) is 10.4. The Morgan fingerprint density at radius 1 is 1.31 bits per heavy atom. The zero-order valence-electron chi connectivity index (χ0n) is 16.7. The highest BCUT2D eigenvalue weighted by molar-refractivity contribution is 5.90. The van der Waals surface area contributed by atoms with Crippen LogP contribution in [0.15, 0.2) is 24.3 Å². The molecule has 2 saturated heterocycles. The molecule has 29 heavy (non-hydrogen) atoms. The molecular weight excluding hydrogens is 368 g/mol. The standard InChI is InChI=1S/C22H28N4O3/c1-14-12-26(9-6-17(14)16-4-2-15(11-23)3-5-16)21(28)19-18(20(27)25-29)10-22(7-8-22)13-24-19/h2-5,14,17-19,24,29H,6-10,12-13H2,1H3,(H,25,27). The summed E-state index contributed by atoms with van der Waals surface area (Å²) in [5, 5.41) is 21.4. The van der Waals surface area contributed by atoms with Gasteiger partial charge in [0.05, 0.1) is 23.6 Å². The van der Waals surface area contributed by atoms with E-state index < -0.39 is 17.9 Å². The van der Waals surface area contributed by atoms with E-state index in [0.29, 0.717) is 31.0 Å². The molecule has 4 atom stereocenters. The van der Waals surface area contributed by atoms with Crippen molar-refractivity contribution in [2.75, 3.05) is 19.6 Å². The Kier molecular flexibility index (Phi) is 5.32. The monoisotopic (exact) mass is 396 g/mol. The van der Waals surface area contributed by atoms with E-state index >= 15 is 0 Å². The van der Waals surface area contributed by atoms with Crippen molar-refractivity contribution < 1.29 is 14.8 Å². The van der Waals surface area contributed by atoms with Crippen molar-refractivity contribution in [2.45, 2.75) is 44.6 Å². The molecule has 3 fully saturated rings. The second-order valence-electron chi connectivity index (χ2n) is 9.04. The van der Waals surface area contributed by atoms with Crippen molar-refractivity contribution in [3.63, 3.8) is 0 Å². The van der Waals surface area contributed by atoms with Crippen molar-refractivity contribution in [1.29, 1.82) is 5.26 Å². The molecule has 1 aliphatic carbocycles. The molecule has 3 N–H and O–H groups in total. The molecule has 0 aromatic heterocycles. The van der Waals surface area contributed by atoms with E-state index in [-0.39, 0.29) is 17.2 Å². The van der Waals surface area contributed by atoms with Gasteiger partial charge in [-0.05, 0) is 60.6 Å². The van der Waals surface area contributed by atoms with Gasteiger partial charge < -0.3 is 10.2 Å². The molecule has 1 aromatic carbocycles. The molecule has 0 bridgehead atoms. The van der Waals surface area contributed by atoms with Crippen LogP contribution < -0.4 is 10.8 Å². The number of hydrogen-bond donors (Lipinski definition) is 3. The number of benzene rings is 1. The smallest absolute Gasteiger partial charge is 0.248 e. The third-order valence-corrected chi connectivity index (χ3v) is 7.11. The average molecular weight is 396 g/mol. The van der Waals surface area contributed by atoms with Gasteiger partial charge in [0.15, 0.2) is 0 Å². The highest BCUT2D eigenvalue weighted by atomic mass is 16.5. The Balaban J connectivity index is 1.43.